The van der Waals surface area contributed by atoms with Gasteiger partial charge in [-0.1, -0.05) is 70.4 Å². The van der Waals surface area contributed by atoms with E-state index in [-0.39, 0.29) is 18.6 Å². The highest BCUT2D eigenvalue weighted by Crippen LogP contribution is 2.09. The van der Waals surface area contributed by atoms with Gasteiger partial charge < -0.3 is 10.4 Å². The number of allylic oxidation sites excluding steroid dienone is 2. The van der Waals surface area contributed by atoms with E-state index in [1.54, 1.807) is 0 Å². The molecular formula is C21H41NO2. The minimum atomic E-state index is -0.124. The topological polar surface area (TPSA) is 49.3 Å². The van der Waals surface area contributed by atoms with Crippen molar-refractivity contribution in [2.75, 3.05) is 6.61 Å². The number of hydrogen-bond donors (Lipinski definition) is 2. The second kappa shape index (κ2) is 18.5. The van der Waals surface area contributed by atoms with Gasteiger partial charge in [-0.25, -0.2) is 0 Å². The van der Waals surface area contributed by atoms with Crippen LogP contribution < -0.4 is 5.32 Å². The van der Waals surface area contributed by atoms with Crippen molar-refractivity contribution in [2.24, 2.45) is 0 Å². The molecule has 0 spiro atoms. The third kappa shape index (κ3) is 17.5. The van der Waals surface area contributed by atoms with Crippen molar-refractivity contribution < 1.29 is 9.90 Å². The maximum atomic E-state index is 11.5. The number of hydrogen-bond acceptors (Lipinski definition) is 2. The van der Waals surface area contributed by atoms with Gasteiger partial charge in [-0.3, -0.25) is 4.79 Å². The minimum Gasteiger partial charge on any atom is -0.394 e. The highest BCUT2D eigenvalue weighted by atomic mass is 16.3. The van der Waals surface area contributed by atoms with Crippen LogP contribution in [0.25, 0.3) is 0 Å². The SMILES string of the molecule is CCCCCCCCC=CCCCCCCCC(=O)N[C@@H](C)CO. The number of aliphatic hydroxyl groups excluding tert-OH is 1. The van der Waals surface area contributed by atoms with Crippen LogP contribution >= 0.6 is 0 Å². The summed E-state index contributed by atoms with van der Waals surface area (Å²) in [7, 11) is 0. The van der Waals surface area contributed by atoms with Crippen LogP contribution in [0.15, 0.2) is 12.2 Å². The molecule has 24 heavy (non-hydrogen) atoms. The van der Waals surface area contributed by atoms with Gasteiger partial charge in [0.1, 0.15) is 0 Å². The van der Waals surface area contributed by atoms with E-state index in [0.29, 0.717) is 6.42 Å². The average Bonchev–Trinajstić information content (AvgIpc) is 2.58. The summed E-state index contributed by atoms with van der Waals surface area (Å²) >= 11 is 0. The molecule has 0 radical (unpaired) electrons. The molecule has 0 aromatic carbocycles. The van der Waals surface area contributed by atoms with E-state index in [0.717, 1.165) is 12.8 Å². The number of carbonyl (C=O) groups is 1. The fourth-order valence-corrected chi connectivity index (χ4v) is 2.75. The van der Waals surface area contributed by atoms with Gasteiger partial charge in [-0.05, 0) is 39.0 Å². The number of amides is 1. The van der Waals surface area contributed by atoms with Gasteiger partial charge in [-0.2, -0.15) is 0 Å². The molecule has 2 N–H and O–H groups in total. The summed E-state index contributed by atoms with van der Waals surface area (Å²) in [6.07, 6.45) is 21.8. The van der Waals surface area contributed by atoms with Crippen molar-refractivity contribution in [3.63, 3.8) is 0 Å². The number of rotatable bonds is 17. The Morgan fingerprint density at radius 3 is 1.92 bits per heavy atom. The first-order chi connectivity index (χ1) is 11.7. The second-order valence-electron chi connectivity index (χ2n) is 6.99. The Kier molecular flexibility index (Phi) is 17.9. The van der Waals surface area contributed by atoms with Gasteiger partial charge in [0, 0.05) is 12.5 Å². The van der Waals surface area contributed by atoms with Gasteiger partial charge in [-0.15, -0.1) is 0 Å². The standard InChI is InChI=1S/C21H41NO2/c1-3-4-5-6-7-8-9-10-11-12-13-14-15-16-17-18-21(24)22-20(2)19-23/h10-11,20,23H,3-9,12-19H2,1-2H3,(H,22,24)/t20-/m0/s1. The first kappa shape index (κ1) is 23.2. The second-order valence-corrected chi connectivity index (χ2v) is 6.99. The van der Waals surface area contributed by atoms with Crippen LogP contribution in [-0.2, 0) is 4.79 Å². The number of nitrogens with one attached hydrogen (secondary N) is 1. The van der Waals surface area contributed by atoms with Crippen LogP contribution in [0.4, 0.5) is 0 Å². The van der Waals surface area contributed by atoms with Crippen LogP contribution in [0.2, 0.25) is 0 Å². The molecular weight excluding hydrogens is 298 g/mol. The van der Waals surface area contributed by atoms with Crippen LogP contribution in [0.1, 0.15) is 104 Å². The highest BCUT2D eigenvalue weighted by molar-refractivity contribution is 5.76. The first-order valence-corrected chi connectivity index (χ1v) is 10.3. The summed E-state index contributed by atoms with van der Waals surface area (Å²) < 4.78 is 0. The van der Waals surface area contributed by atoms with Crippen molar-refractivity contribution in [1.29, 1.82) is 0 Å². The Balaban J connectivity index is 3.22. The fraction of sp³-hybridized carbons (Fsp3) is 0.857. The zero-order valence-electron chi connectivity index (χ0n) is 16.2. The minimum absolute atomic E-state index is 0.0120. The Labute approximate surface area is 150 Å². The summed E-state index contributed by atoms with van der Waals surface area (Å²) in [5.74, 6) is 0.0641. The Bertz CT molecular complexity index is 302. The molecule has 3 nitrogen and oxygen atoms in total. The highest BCUT2D eigenvalue weighted by Gasteiger charge is 2.05. The summed E-state index contributed by atoms with van der Waals surface area (Å²) in [6.45, 7) is 4.09. The molecule has 3 heteroatoms. The molecule has 0 aliphatic rings. The van der Waals surface area contributed by atoms with Crippen molar-refractivity contribution in [1.82, 2.24) is 5.32 Å². The summed E-state index contributed by atoms with van der Waals surface area (Å²) in [5.41, 5.74) is 0. The normalized spacial score (nSPS) is 12.6. The lowest BCUT2D eigenvalue weighted by molar-refractivity contribution is -0.122. The van der Waals surface area contributed by atoms with Crippen molar-refractivity contribution in [3.8, 4) is 0 Å². The molecule has 0 aromatic rings. The van der Waals surface area contributed by atoms with Gasteiger partial charge in [0.25, 0.3) is 0 Å². The van der Waals surface area contributed by atoms with Crippen LogP contribution in [-0.4, -0.2) is 23.7 Å². The molecule has 0 saturated heterocycles. The molecule has 0 aliphatic heterocycles. The van der Waals surface area contributed by atoms with Crippen LogP contribution in [0, 0.1) is 0 Å². The largest absolute Gasteiger partial charge is 0.394 e. The van der Waals surface area contributed by atoms with Crippen molar-refractivity contribution in [3.05, 3.63) is 12.2 Å². The lowest BCUT2D eigenvalue weighted by Gasteiger charge is -2.10. The summed E-state index contributed by atoms with van der Waals surface area (Å²) in [6, 6.07) is -0.124. The molecule has 0 saturated carbocycles. The number of carbonyl (C=O) groups excluding carboxylic acids is 1. The lowest BCUT2D eigenvalue weighted by Crippen LogP contribution is -2.34. The van der Waals surface area contributed by atoms with E-state index < -0.39 is 0 Å². The molecule has 0 rings (SSSR count). The van der Waals surface area contributed by atoms with Gasteiger partial charge in [0.05, 0.1) is 6.61 Å². The molecule has 0 fully saturated rings. The van der Waals surface area contributed by atoms with Crippen LogP contribution in [0.3, 0.4) is 0 Å². The van der Waals surface area contributed by atoms with Crippen molar-refractivity contribution >= 4 is 5.91 Å². The van der Waals surface area contributed by atoms with E-state index in [9.17, 15) is 4.79 Å². The lowest BCUT2D eigenvalue weighted by atomic mass is 10.1. The van der Waals surface area contributed by atoms with E-state index >= 15 is 0 Å². The Hall–Kier alpha value is -0.830. The number of unbranched alkanes of at least 4 members (excludes halogenated alkanes) is 11. The predicted molar refractivity (Wildman–Crippen MR) is 104 cm³/mol. The molecule has 0 bridgehead atoms. The monoisotopic (exact) mass is 339 g/mol. The van der Waals surface area contributed by atoms with E-state index in [1.807, 2.05) is 6.92 Å². The first-order valence-electron chi connectivity index (χ1n) is 10.3. The number of aliphatic hydroxyl groups is 1. The average molecular weight is 340 g/mol. The fourth-order valence-electron chi connectivity index (χ4n) is 2.75. The Morgan fingerprint density at radius 2 is 1.38 bits per heavy atom. The third-order valence-electron chi connectivity index (χ3n) is 4.35. The Morgan fingerprint density at radius 1 is 0.875 bits per heavy atom. The van der Waals surface area contributed by atoms with E-state index in [1.165, 1.54) is 70.6 Å². The quantitative estimate of drug-likeness (QED) is 0.271. The molecule has 1 atom stereocenters. The third-order valence-corrected chi connectivity index (χ3v) is 4.35. The smallest absolute Gasteiger partial charge is 0.220 e. The summed E-state index contributed by atoms with van der Waals surface area (Å²) in [4.78, 5) is 11.5. The molecule has 142 valence electrons. The van der Waals surface area contributed by atoms with Gasteiger partial charge in [0.15, 0.2) is 0 Å². The maximum Gasteiger partial charge on any atom is 0.220 e. The molecule has 0 aliphatic carbocycles. The predicted octanol–water partition coefficient (Wildman–Crippen LogP) is 5.52. The molecule has 0 unspecified atom stereocenters. The molecule has 0 heterocycles. The zero-order valence-corrected chi connectivity index (χ0v) is 16.2. The maximum absolute atomic E-state index is 11.5. The van der Waals surface area contributed by atoms with Gasteiger partial charge in [0.2, 0.25) is 5.91 Å². The zero-order chi connectivity index (χ0) is 17.9. The van der Waals surface area contributed by atoms with Crippen LogP contribution in [0.5, 0.6) is 0 Å². The molecule has 1 amide bonds. The van der Waals surface area contributed by atoms with E-state index in [4.69, 9.17) is 5.11 Å². The summed E-state index contributed by atoms with van der Waals surface area (Å²) in [5, 5.41) is 11.6. The van der Waals surface area contributed by atoms with E-state index in [2.05, 4.69) is 24.4 Å². The van der Waals surface area contributed by atoms with Gasteiger partial charge >= 0.3 is 0 Å². The van der Waals surface area contributed by atoms with Crippen molar-refractivity contribution in [2.45, 2.75) is 110 Å². The molecule has 0 aromatic heterocycles.